The maximum atomic E-state index is 13.4. The van der Waals surface area contributed by atoms with Crippen LogP contribution in [0.5, 0.6) is 0 Å². The first-order chi connectivity index (χ1) is 20.2. The van der Waals surface area contributed by atoms with Crippen LogP contribution in [0.1, 0.15) is 65.7 Å². The molecule has 3 aliphatic carbocycles. The molecule has 2 aromatic carbocycles. The van der Waals surface area contributed by atoms with Crippen molar-refractivity contribution in [2.24, 2.45) is 28.1 Å². The minimum atomic E-state index is -0.568. The van der Waals surface area contributed by atoms with Crippen molar-refractivity contribution in [2.45, 2.75) is 87.0 Å². The van der Waals surface area contributed by atoms with Gasteiger partial charge in [0.25, 0.3) is 0 Å². The van der Waals surface area contributed by atoms with Crippen LogP contribution in [0.2, 0.25) is 0 Å². The average Bonchev–Trinajstić information content (AvgIpc) is 2.98. The van der Waals surface area contributed by atoms with Gasteiger partial charge >= 0.3 is 11.9 Å². The molecule has 42 heavy (non-hydrogen) atoms. The molecule has 224 valence electrons. The molecule has 0 radical (unpaired) electrons. The Kier molecular flexibility index (Phi) is 8.31. The molecule has 1 heterocycles. The van der Waals surface area contributed by atoms with Crippen LogP contribution < -0.4 is 0 Å². The normalized spacial score (nSPS) is 35.5. The van der Waals surface area contributed by atoms with E-state index in [4.69, 9.17) is 14.2 Å². The number of hydrogen-bond acceptors (Lipinski definition) is 7. The van der Waals surface area contributed by atoms with E-state index in [-0.39, 0.29) is 40.7 Å². The van der Waals surface area contributed by atoms with Gasteiger partial charge in [-0.2, -0.15) is 0 Å². The molecule has 4 aliphatic rings. The minimum Gasteiger partial charge on any atom is -0.469 e. The molecule has 3 fully saturated rings. The van der Waals surface area contributed by atoms with Crippen molar-refractivity contribution in [1.82, 2.24) is 0 Å². The van der Waals surface area contributed by atoms with Crippen LogP contribution in [0.3, 0.4) is 0 Å². The molecule has 6 rings (SSSR count). The second kappa shape index (κ2) is 11.7. The van der Waals surface area contributed by atoms with Gasteiger partial charge in [-0.1, -0.05) is 73.3 Å². The lowest BCUT2D eigenvalue weighted by atomic mass is 9.39. The van der Waals surface area contributed by atoms with Crippen molar-refractivity contribution >= 4 is 35.5 Å². The summed E-state index contributed by atoms with van der Waals surface area (Å²) in [5.74, 6) is -0.00845. The van der Waals surface area contributed by atoms with E-state index in [1.54, 1.807) is 11.8 Å². The van der Waals surface area contributed by atoms with E-state index in [0.717, 1.165) is 44.9 Å². The fourth-order valence-corrected chi connectivity index (χ4v) is 11.3. The minimum absolute atomic E-state index is 0.0692. The smallest absolute Gasteiger partial charge is 0.311 e. The molecule has 7 heteroatoms. The molecule has 0 N–H and O–H groups in total. The van der Waals surface area contributed by atoms with Crippen molar-refractivity contribution in [1.29, 1.82) is 0 Å². The summed E-state index contributed by atoms with van der Waals surface area (Å²) in [7, 11) is 1.52. The number of esters is 2. The van der Waals surface area contributed by atoms with Crippen molar-refractivity contribution in [3.05, 3.63) is 71.1 Å². The second-order valence-corrected chi connectivity index (χ2v) is 15.4. The number of carbonyl (C=O) groups excluding carboxylic acids is 2. The molecule has 0 aromatic heterocycles. The molecule has 0 spiro atoms. The van der Waals surface area contributed by atoms with E-state index < -0.39 is 10.8 Å². The summed E-state index contributed by atoms with van der Waals surface area (Å²) in [4.78, 5) is 29.6. The van der Waals surface area contributed by atoms with Crippen LogP contribution in [0.25, 0.3) is 0 Å². The molecule has 2 saturated carbocycles. The number of benzene rings is 2. The molecule has 0 amide bonds. The maximum absolute atomic E-state index is 13.4. The zero-order valence-electron chi connectivity index (χ0n) is 25.1. The Morgan fingerprint density at radius 3 is 2.33 bits per heavy atom. The van der Waals surface area contributed by atoms with Crippen molar-refractivity contribution in [3.63, 3.8) is 0 Å². The van der Waals surface area contributed by atoms with Crippen LogP contribution in [0.4, 0.5) is 0 Å². The molecular weight excluding hydrogens is 565 g/mol. The number of fused-ring (bicyclic) bond motifs is 2. The van der Waals surface area contributed by atoms with Gasteiger partial charge in [0.15, 0.2) is 0 Å². The summed E-state index contributed by atoms with van der Waals surface area (Å²) in [6.45, 7) is 6.36. The number of thioether (sulfide) groups is 2. The Morgan fingerprint density at radius 2 is 1.67 bits per heavy atom. The van der Waals surface area contributed by atoms with Crippen LogP contribution in [0.15, 0.2) is 80.9 Å². The third-order valence-electron chi connectivity index (χ3n) is 10.8. The lowest BCUT2D eigenvalue weighted by molar-refractivity contribution is -0.232. The van der Waals surface area contributed by atoms with Crippen LogP contribution >= 0.6 is 23.5 Å². The van der Waals surface area contributed by atoms with Gasteiger partial charge in [-0.15, -0.1) is 0 Å². The number of hydrogen-bond donors (Lipinski definition) is 0. The first-order valence-corrected chi connectivity index (χ1v) is 16.9. The third-order valence-corrected chi connectivity index (χ3v) is 13.1. The summed E-state index contributed by atoms with van der Waals surface area (Å²) in [6, 6.07) is 21.1. The molecule has 7 atom stereocenters. The highest BCUT2D eigenvalue weighted by atomic mass is 32.2. The highest BCUT2D eigenvalue weighted by Crippen LogP contribution is 2.71. The van der Waals surface area contributed by atoms with E-state index in [1.807, 2.05) is 17.8 Å². The maximum Gasteiger partial charge on any atom is 0.311 e. The van der Waals surface area contributed by atoms with Crippen LogP contribution in [0, 0.1) is 28.1 Å². The van der Waals surface area contributed by atoms with E-state index in [1.165, 1.54) is 34.3 Å². The predicted octanol–water partition coefficient (Wildman–Crippen LogP) is 8.29. The van der Waals surface area contributed by atoms with Crippen molar-refractivity contribution < 1.29 is 23.8 Å². The fraction of sp³-hybridized carbons (Fsp3) is 0.543. The topological polar surface area (TPSA) is 61.8 Å². The summed E-state index contributed by atoms with van der Waals surface area (Å²) in [5.41, 5.74) is 0.244. The molecular formula is C35H42O5S2. The van der Waals surface area contributed by atoms with E-state index >= 15 is 0 Å². The number of allylic oxidation sites excluding steroid dienone is 1. The molecule has 2 aromatic rings. The Bertz CT molecular complexity index is 1350. The monoisotopic (exact) mass is 606 g/mol. The van der Waals surface area contributed by atoms with E-state index in [0.29, 0.717) is 6.61 Å². The molecule has 1 saturated heterocycles. The van der Waals surface area contributed by atoms with Gasteiger partial charge in [0.2, 0.25) is 0 Å². The van der Waals surface area contributed by atoms with E-state index in [2.05, 4.69) is 68.4 Å². The van der Waals surface area contributed by atoms with Gasteiger partial charge in [0.1, 0.15) is 12.0 Å². The van der Waals surface area contributed by atoms with Crippen molar-refractivity contribution in [3.8, 4) is 0 Å². The fourth-order valence-electron chi connectivity index (χ4n) is 9.10. The van der Waals surface area contributed by atoms with Gasteiger partial charge < -0.3 is 14.2 Å². The Hall–Kier alpha value is -2.22. The second-order valence-electron chi connectivity index (χ2n) is 13.0. The molecule has 1 aliphatic heterocycles. The SMILES string of the molecule is COC(=O)[C@@]1(C)CCC[C@]2(C)[C@H]3CCC(Sc4ccccc4)=C4CC(Sc5ccccc5)O[C@H](C[C@H]21)[C@@]43COC(C)=O. The van der Waals surface area contributed by atoms with Gasteiger partial charge in [-0.05, 0) is 91.0 Å². The number of ether oxygens (including phenoxy) is 3. The highest BCUT2D eigenvalue weighted by molar-refractivity contribution is 8.03. The van der Waals surface area contributed by atoms with Gasteiger partial charge in [-0.3, -0.25) is 9.59 Å². The average molecular weight is 607 g/mol. The molecule has 0 bridgehead atoms. The summed E-state index contributed by atoms with van der Waals surface area (Å²) >= 11 is 3.64. The third kappa shape index (κ3) is 5.03. The van der Waals surface area contributed by atoms with Crippen LogP contribution in [-0.2, 0) is 23.8 Å². The molecule has 5 nitrogen and oxygen atoms in total. The zero-order valence-corrected chi connectivity index (χ0v) is 26.7. The lowest BCUT2D eigenvalue weighted by Gasteiger charge is -2.68. The number of carbonyl (C=O) groups is 2. The van der Waals surface area contributed by atoms with Crippen LogP contribution in [-0.4, -0.2) is 37.2 Å². The first-order valence-electron chi connectivity index (χ1n) is 15.2. The standard InChI is InChI=1S/C35H42O5S2/c1-23(36)39-22-35-26-20-31(42-25-14-9-6-10-15-25)40-30(35)21-29-33(2,18-11-19-34(29,3)32(37)38-4)28(35)17-16-27(26)41-24-12-7-5-8-13-24/h5-10,12-15,28-31H,11,16-22H2,1-4H3/t28-,29-,30-,31?,33-,34+,35+/m1/s1. The number of methoxy groups -OCH3 is 1. The van der Waals surface area contributed by atoms with Gasteiger partial charge in [-0.25, -0.2) is 0 Å². The predicted molar refractivity (Wildman–Crippen MR) is 167 cm³/mol. The molecule has 1 unspecified atom stereocenters. The Morgan fingerprint density at radius 1 is 0.976 bits per heavy atom. The van der Waals surface area contributed by atoms with Gasteiger partial charge in [0, 0.05) is 23.1 Å². The highest BCUT2D eigenvalue weighted by Gasteiger charge is 2.69. The zero-order chi connectivity index (χ0) is 29.5. The summed E-state index contributed by atoms with van der Waals surface area (Å²) < 4.78 is 18.6. The summed E-state index contributed by atoms with van der Waals surface area (Å²) in [6.07, 6.45) is 6.21. The largest absolute Gasteiger partial charge is 0.469 e. The van der Waals surface area contributed by atoms with E-state index in [9.17, 15) is 9.59 Å². The number of rotatable bonds is 7. The Labute approximate surface area is 258 Å². The lowest BCUT2D eigenvalue weighted by Crippen LogP contribution is -2.67. The Balaban J connectivity index is 1.49. The first kappa shape index (κ1) is 29.8. The quantitative estimate of drug-likeness (QED) is 0.294. The van der Waals surface area contributed by atoms with Gasteiger partial charge in [0.05, 0.1) is 24.0 Å². The summed E-state index contributed by atoms with van der Waals surface area (Å²) in [5, 5.41) is 0. The van der Waals surface area contributed by atoms with Crippen molar-refractivity contribution in [2.75, 3.05) is 13.7 Å².